The summed E-state index contributed by atoms with van der Waals surface area (Å²) in [5.74, 6) is 0.334. The van der Waals surface area contributed by atoms with E-state index in [1.54, 1.807) is 6.92 Å². The summed E-state index contributed by atoms with van der Waals surface area (Å²) in [6, 6.07) is 7.66. The number of ketones is 1. The molecule has 0 bridgehead atoms. The van der Waals surface area contributed by atoms with Crippen LogP contribution in [0.25, 0.3) is 0 Å². The van der Waals surface area contributed by atoms with E-state index in [4.69, 9.17) is 5.73 Å². The summed E-state index contributed by atoms with van der Waals surface area (Å²) in [7, 11) is 0. The van der Waals surface area contributed by atoms with Gasteiger partial charge in [0.25, 0.3) is 0 Å². The van der Waals surface area contributed by atoms with E-state index in [-0.39, 0.29) is 11.7 Å². The summed E-state index contributed by atoms with van der Waals surface area (Å²) in [4.78, 5) is 11.0. The molecule has 70 valence electrons. The molecular formula is C11H15NO. The van der Waals surface area contributed by atoms with E-state index in [2.05, 4.69) is 0 Å². The minimum absolute atomic E-state index is 0.101. The van der Waals surface area contributed by atoms with Crippen LogP contribution in [0, 0.1) is 5.92 Å². The standard InChI is InChI=1S/C11H15NO/c1-8(9(2)13)7-10-3-5-11(12)6-4-10/h3-6,8H,7,12H2,1-2H3. The van der Waals surface area contributed by atoms with Gasteiger partial charge >= 0.3 is 0 Å². The van der Waals surface area contributed by atoms with Crippen molar-refractivity contribution in [3.8, 4) is 0 Å². The lowest BCUT2D eigenvalue weighted by Gasteiger charge is -2.07. The highest BCUT2D eigenvalue weighted by molar-refractivity contribution is 5.78. The summed E-state index contributed by atoms with van der Waals surface area (Å²) in [6.45, 7) is 3.57. The average molecular weight is 177 g/mol. The average Bonchev–Trinajstić information content (AvgIpc) is 2.08. The van der Waals surface area contributed by atoms with Crippen LogP contribution >= 0.6 is 0 Å². The lowest BCUT2D eigenvalue weighted by molar-refractivity contribution is -0.120. The van der Waals surface area contributed by atoms with Crippen molar-refractivity contribution in [3.05, 3.63) is 29.8 Å². The van der Waals surface area contributed by atoms with Crippen molar-refractivity contribution < 1.29 is 4.79 Å². The van der Waals surface area contributed by atoms with Gasteiger partial charge in [-0.15, -0.1) is 0 Å². The zero-order chi connectivity index (χ0) is 9.84. The molecule has 1 unspecified atom stereocenters. The molecule has 1 atom stereocenters. The van der Waals surface area contributed by atoms with Crippen LogP contribution in [0.1, 0.15) is 19.4 Å². The summed E-state index contributed by atoms with van der Waals surface area (Å²) in [5, 5.41) is 0. The smallest absolute Gasteiger partial charge is 0.132 e. The van der Waals surface area contributed by atoms with Crippen molar-refractivity contribution >= 4 is 11.5 Å². The molecule has 0 fully saturated rings. The monoisotopic (exact) mass is 177 g/mol. The number of hydrogen-bond acceptors (Lipinski definition) is 2. The maximum Gasteiger partial charge on any atom is 0.132 e. The van der Waals surface area contributed by atoms with Crippen LogP contribution in [0.5, 0.6) is 0 Å². The van der Waals surface area contributed by atoms with E-state index >= 15 is 0 Å². The van der Waals surface area contributed by atoms with Gasteiger partial charge in [-0.1, -0.05) is 19.1 Å². The Bertz CT molecular complexity index is 289. The molecular weight excluding hydrogens is 162 g/mol. The first kappa shape index (κ1) is 9.78. The molecule has 0 saturated heterocycles. The van der Waals surface area contributed by atoms with E-state index in [1.165, 1.54) is 0 Å². The Morgan fingerprint density at radius 1 is 1.38 bits per heavy atom. The Hall–Kier alpha value is -1.31. The van der Waals surface area contributed by atoms with Gasteiger partial charge in [-0.25, -0.2) is 0 Å². The Labute approximate surface area is 78.8 Å². The molecule has 2 N–H and O–H groups in total. The molecule has 0 saturated carbocycles. The van der Waals surface area contributed by atoms with Gasteiger partial charge in [-0.05, 0) is 31.0 Å². The van der Waals surface area contributed by atoms with Gasteiger partial charge in [0.15, 0.2) is 0 Å². The predicted octanol–water partition coefficient (Wildman–Crippen LogP) is 2.04. The van der Waals surface area contributed by atoms with Crippen LogP contribution in [-0.2, 0) is 11.2 Å². The molecule has 0 spiro atoms. The van der Waals surface area contributed by atoms with Crippen LogP contribution in [0.3, 0.4) is 0 Å². The SMILES string of the molecule is CC(=O)C(C)Cc1ccc(N)cc1. The van der Waals surface area contributed by atoms with Crippen LogP contribution in [0.2, 0.25) is 0 Å². The summed E-state index contributed by atoms with van der Waals surface area (Å²) in [5.41, 5.74) is 7.48. The number of benzene rings is 1. The van der Waals surface area contributed by atoms with Crippen molar-refractivity contribution in [2.75, 3.05) is 5.73 Å². The molecule has 0 aliphatic rings. The van der Waals surface area contributed by atoms with Gasteiger partial charge < -0.3 is 5.73 Å². The number of hydrogen-bond donors (Lipinski definition) is 1. The number of Topliss-reactive ketones (excluding diaryl/α,β-unsaturated/α-hetero) is 1. The molecule has 0 radical (unpaired) electrons. The molecule has 1 rings (SSSR count). The molecule has 13 heavy (non-hydrogen) atoms. The van der Waals surface area contributed by atoms with Crippen molar-refractivity contribution in [3.63, 3.8) is 0 Å². The van der Waals surface area contributed by atoms with Gasteiger partial charge in [0.05, 0.1) is 0 Å². The molecule has 0 aliphatic heterocycles. The zero-order valence-corrected chi connectivity index (χ0v) is 8.08. The largest absolute Gasteiger partial charge is 0.399 e. The van der Waals surface area contributed by atoms with E-state index in [9.17, 15) is 4.79 Å². The highest BCUT2D eigenvalue weighted by atomic mass is 16.1. The number of nitrogens with two attached hydrogens (primary N) is 1. The van der Waals surface area contributed by atoms with Crippen molar-refractivity contribution in [1.82, 2.24) is 0 Å². The second-order valence-electron chi connectivity index (χ2n) is 3.46. The number of carbonyl (C=O) groups excluding carboxylic acids is 1. The first-order valence-electron chi connectivity index (χ1n) is 4.44. The quantitative estimate of drug-likeness (QED) is 0.718. The highest BCUT2D eigenvalue weighted by Gasteiger charge is 2.07. The number of rotatable bonds is 3. The summed E-state index contributed by atoms with van der Waals surface area (Å²) < 4.78 is 0. The number of anilines is 1. The zero-order valence-electron chi connectivity index (χ0n) is 8.08. The highest BCUT2D eigenvalue weighted by Crippen LogP contribution is 2.11. The van der Waals surface area contributed by atoms with Crippen molar-refractivity contribution in [2.24, 2.45) is 5.92 Å². The molecule has 2 heteroatoms. The lowest BCUT2D eigenvalue weighted by Crippen LogP contribution is -2.09. The van der Waals surface area contributed by atoms with Crippen LogP contribution in [-0.4, -0.2) is 5.78 Å². The third-order valence-corrected chi connectivity index (χ3v) is 2.22. The first-order valence-corrected chi connectivity index (χ1v) is 4.44. The topological polar surface area (TPSA) is 43.1 Å². The third-order valence-electron chi connectivity index (χ3n) is 2.22. The molecule has 0 amide bonds. The van der Waals surface area contributed by atoms with E-state index in [0.717, 1.165) is 17.7 Å². The van der Waals surface area contributed by atoms with Gasteiger partial charge in [-0.2, -0.15) is 0 Å². The van der Waals surface area contributed by atoms with E-state index in [1.807, 2.05) is 31.2 Å². The van der Waals surface area contributed by atoms with Gasteiger partial charge in [0, 0.05) is 11.6 Å². The Morgan fingerprint density at radius 2 is 1.92 bits per heavy atom. The van der Waals surface area contributed by atoms with Crippen molar-refractivity contribution in [2.45, 2.75) is 20.3 Å². The van der Waals surface area contributed by atoms with Crippen LogP contribution in [0.15, 0.2) is 24.3 Å². The number of carbonyl (C=O) groups is 1. The molecule has 0 aromatic heterocycles. The lowest BCUT2D eigenvalue weighted by atomic mass is 9.98. The number of nitrogen functional groups attached to an aromatic ring is 1. The van der Waals surface area contributed by atoms with Crippen LogP contribution < -0.4 is 5.73 Å². The minimum Gasteiger partial charge on any atom is -0.399 e. The van der Waals surface area contributed by atoms with E-state index in [0.29, 0.717) is 0 Å². The molecule has 0 aliphatic carbocycles. The maximum absolute atomic E-state index is 11.0. The second-order valence-corrected chi connectivity index (χ2v) is 3.46. The van der Waals surface area contributed by atoms with E-state index < -0.39 is 0 Å². The Balaban J connectivity index is 2.64. The maximum atomic E-state index is 11.0. The van der Waals surface area contributed by atoms with Crippen molar-refractivity contribution in [1.29, 1.82) is 0 Å². The van der Waals surface area contributed by atoms with Crippen LogP contribution in [0.4, 0.5) is 5.69 Å². The fraction of sp³-hybridized carbons (Fsp3) is 0.364. The van der Waals surface area contributed by atoms with Gasteiger partial charge in [-0.3, -0.25) is 4.79 Å². The predicted molar refractivity (Wildman–Crippen MR) is 54.4 cm³/mol. The molecule has 0 heterocycles. The van der Waals surface area contributed by atoms with Gasteiger partial charge in [0.1, 0.15) is 5.78 Å². The summed E-state index contributed by atoms with van der Waals surface area (Å²) >= 11 is 0. The third kappa shape index (κ3) is 2.90. The fourth-order valence-electron chi connectivity index (χ4n) is 1.15. The molecule has 1 aromatic rings. The molecule has 1 aromatic carbocycles. The Kier molecular flexibility index (Phi) is 3.07. The summed E-state index contributed by atoms with van der Waals surface area (Å²) in [6.07, 6.45) is 0.801. The molecule has 2 nitrogen and oxygen atoms in total. The minimum atomic E-state index is 0.101. The second kappa shape index (κ2) is 4.08. The first-order chi connectivity index (χ1) is 6.09. The fourth-order valence-corrected chi connectivity index (χ4v) is 1.15. The Morgan fingerprint density at radius 3 is 2.38 bits per heavy atom. The normalized spacial score (nSPS) is 12.5. The van der Waals surface area contributed by atoms with Gasteiger partial charge in [0.2, 0.25) is 0 Å².